The summed E-state index contributed by atoms with van der Waals surface area (Å²) in [4.78, 5) is 34.4. The van der Waals surface area contributed by atoms with Crippen LogP contribution in [0.1, 0.15) is 26.3 Å². The summed E-state index contributed by atoms with van der Waals surface area (Å²) >= 11 is 11.8. The number of esters is 1. The van der Waals surface area contributed by atoms with Crippen LogP contribution in [0.25, 0.3) is 0 Å². The number of halogens is 2. The van der Waals surface area contributed by atoms with Gasteiger partial charge in [0.15, 0.2) is 6.61 Å². The van der Waals surface area contributed by atoms with E-state index in [2.05, 4.69) is 0 Å². The molecule has 124 valence electrons. The number of carbonyl (C=O) groups excluding carboxylic acids is 2. The Kier molecular flexibility index (Phi) is 5.54. The minimum Gasteiger partial charge on any atom is -0.454 e. The fourth-order valence-corrected chi connectivity index (χ4v) is 2.51. The van der Waals surface area contributed by atoms with Gasteiger partial charge in [-0.05, 0) is 19.1 Å². The van der Waals surface area contributed by atoms with Gasteiger partial charge in [-0.15, -0.1) is 0 Å². The Hall–Kier alpha value is -2.44. The summed E-state index contributed by atoms with van der Waals surface area (Å²) in [6, 6.07) is 8.54. The average Bonchev–Trinajstić information content (AvgIpc) is 2.52. The second kappa shape index (κ2) is 7.42. The summed E-state index contributed by atoms with van der Waals surface area (Å²) in [5.74, 6) is -1.42. The van der Waals surface area contributed by atoms with E-state index in [9.17, 15) is 19.7 Å². The van der Waals surface area contributed by atoms with E-state index >= 15 is 0 Å². The van der Waals surface area contributed by atoms with Crippen molar-refractivity contribution in [2.24, 2.45) is 0 Å². The second-order valence-electron chi connectivity index (χ2n) is 4.85. The number of hydrogen-bond acceptors (Lipinski definition) is 5. The maximum atomic E-state index is 12.1. The van der Waals surface area contributed by atoms with Crippen LogP contribution in [-0.2, 0) is 4.74 Å². The third-order valence-corrected chi connectivity index (χ3v) is 3.86. The van der Waals surface area contributed by atoms with Gasteiger partial charge in [0.05, 0.1) is 20.5 Å². The van der Waals surface area contributed by atoms with Gasteiger partial charge in [0.1, 0.15) is 0 Å². The molecule has 0 aromatic heterocycles. The van der Waals surface area contributed by atoms with Crippen LogP contribution in [0.5, 0.6) is 0 Å². The second-order valence-corrected chi connectivity index (χ2v) is 5.67. The molecule has 0 radical (unpaired) electrons. The number of rotatable bonds is 5. The van der Waals surface area contributed by atoms with Crippen molar-refractivity contribution in [3.05, 3.63) is 73.2 Å². The summed E-state index contributed by atoms with van der Waals surface area (Å²) in [5, 5.41) is 11.1. The first kappa shape index (κ1) is 17.9. The predicted octanol–water partition coefficient (Wildman–Crippen LogP) is 4.25. The monoisotopic (exact) mass is 367 g/mol. The highest BCUT2D eigenvalue weighted by atomic mass is 35.5. The zero-order valence-electron chi connectivity index (χ0n) is 12.4. The summed E-state index contributed by atoms with van der Waals surface area (Å²) in [6.07, 6.45) is 0. The standard InChI is InChI=1S/C16H11Cl2NO5/c1-9-5-6-10(7-13(9)19(22)23)14(20)8-24-16(21)15-11(17)3-2-4-12(15)18/h2-7H,8H2,1H3. The van der Waals surface area contributed by atoms with Gasteiger partial charge in [-0.2, -0.15) is 0 Å². The van der Waals surface area contributed by atoms with Crippen LogP contribution in [0.3, 0.4) is 0 Å². The average molecular weight is 368 g/mol. The molecular weight excluding hydrogens is 357 g/mol. The molecule has 0 bridgehead atoms. The highest BCUT2D eigenvalue weighted by Crippen LogP contribution is 2.25. The van der Waals surface area contributed by atoms with Gasteiger partial charge >= 0.3 is 5.97 Å². The van der Waals surface area contributed by atoms with Crippen molar-refractivity contribution < 1.29 is 19.2 Å². The van der Waals surface area contributed by atoms with Gasteiger partial charge in [0, 0.05) is 17.2 Å². The van der Waals surface area contributed by atoms with Gasteiger partial charge in [0.25, 0.3) is 5.69 Å². The van der Waals surface area contributed by atoms with E-state index in [1.165, 1.54) is 24.3 Å². The Morgan fingerprint density at radius 1 is 1.17 bits per heavy atom. The predicted molar refractivity (Wildman–Crippen MR) is 88.9 cm³/mol. The first-order chi connectivity index (χ1) is 11.3. The summed E-state index contributed by atoms with van der Waals surface area (Å²) < 4.78 is 4.91. The molecule has 0 atom stereocenters. The van der Waals surface area contributed by atoms with Crippen molar-refractivity contribution in [3.63, 3.8) is 0 Å². The van der Waals surface area contributed by atoms with Crippen molar-refractivity contribution in [1.82, 2.24) is 0 Å². The first-order valence-electron chi connectivity index (χ1n) is 6.70. The smallest absolute Gasteiger partial charge is 0.341 e. The van der Waals surface area contributed by atoms with Crippen molar-refractivity contribution in [1.29, 1.82) is 0 Å². The Morgan fingerprint density at radius 3 is 2.38 bits per heavy atom. The Balaban J connectivity index is 2.12. The van der Waals surface area contributed by atoms with Crippen LogP contribution in [0.15, 0.2) is 36.4 Å². The van der Waals surface area contributed by atoms with E-state index in [-0.39, 0.29) is 26.9 Å². The molecule has 8 heteroatoms. The molecule has 2 rings (SSSR count). The number of hydrogen-bond donors (Lipinski definition) is 0. The highest BCUT2D eigenvalue weighted by molar-refractivity contribution is 6.39. The molecule has 0 aliphatic rings. The molecule has 0 saturated carbocycles. The van der Waals surface area contributed by atoms with E-state index in [1.54, 1.807) is 13.0 Å². The molecule has 2 aromatic rings. The quantitative estimate of drug-likeness (QED) is 0.341. The molecule has 0 saturated heterocycles. The van der Waals surface area contributed by atoms with Crippen LogP contribution < -0.4 is 0 Å². The van der Waals surface area contributed by atoms with E-state index in [4.69, 9.17) is 27.9 Å². The maximum absolute atomic E-state index is 12.1. The fraction of sp³-hybridized carbons (Fsp3) is 0.125. The molecule has 0 fully saturated rings. The number of ether oxygens (including phenoxy) is 1. The van der Waals surface area contributed by atoms with E-state index in [1.807, 2.05) is 0 Å². The van der Waals surface area contributed by atoms with Gasteiger partial charge in [0.2, 0.25) is 5.78 Å². The number of ketones is 1. The zero-order valence-corrected chi connectivity index (χ0v) is 13.9. The molecule has 0 N–H and O–H groups in total. The Bertz CT molecular complexity index is 815. The lowest BCUT2D eigenvalue weighted by molar-refractivity contribution is -0.385. The lowest BCUT2D eigenvalue weighted by Crippen LogP contribution is -2.15. The molecule has 0 heterocycles. The van der Waals surface area contributed by atoms with Crippen molar-refractivity contribution >= 4 is 40.6 Å². The van der Waals surface area contributed by atoms with Gasteiger partial charge in [-0.3, -0.25) is 14.9 Å². The van der Waals surface area contributed by atoms with Gasteiger partial charge in [-0.1, -0.05) is 41.4 Å². The minimum atomic E-state index is -0.847. The molecule has 0 aliphatic heterocycles. The lowest BCUT2D eigenvalue weighted by atomic mass is 10.1. The number of aryl methyl sites for hydroxylation is 1. The molecule has 0 amide bonds. The third kappa shape index (κ3) is 3.90. The molecule has 0 unspecified atom stereocenters. The molecule has 2 aromatic carbocycles. The van der Waals surface area contributed by atoms with Crippen LogP contribution in [-0.4, -0.2) is 23.3 Å². The molecule has 0 spiro atoms. The van der Waals surface area contributed by atoms with E-state index in [0.717, 1.165) is 6.07 Å². The number of nitro benzene ring substituents is 1. The fourth-order valence-electron chi connectivity index (χ4n) is 1.96. The third-order valence-electron chi connectivity index (χ3n) is 3.23. The van der Waals surface area contributed by atoms with Gasteiger partial charge in [-0.25, -0.2) is 4.79 Å². The SMILES string of the molecule is Cc1ccc(C(=O)COC(=O)c2c(Cl)cccc2Cl)cc1[N+](=O)[O-]. The van der Waals surface area contributed by atoms with Crippen LogP contribution in [0.2, 0.25) is 10.0 Å². The number of carbonyl (C=O) groups is 2. The molecule has 0 aliphatic carbocycles. The van der Waals surface area contributed by atoms with E-state index in [0.29, 0.717) is 5.56 Å². The summed E-state index contributed by atoms with van der Waals surface area (Å²) in [7, 11) is 0. The van der Waals surface area contributed by atoms with Crippen LogP contribution >= 0.6 is 23.2 Å². The maximum Gasteiger partial charge on any atom is 0.341 e. The minimum absolute atomic E-state index is 0.0384. The number of Topliss-reactive ketones (excluding diaryl/α,β-unsaturated/α-hetero) is 1. The van der Waals surface area contributed by atoms with Gasteiger partial charge < -0.3 is 4.74 Å². The topological polar surface area (TPSA) is 86.5 Å². The lowest BCUT2D eigenvalue weighted by Gasteiger charge is -2.07. The summed E-state index contributed by atoms with van der Waals surface area (Å²) in [6.45, 7) is 0.979. The van der Waals surface area contributed by atoms with Crippen molar-refractivity contribution in [3.8, 4) is 0 Å². The molecular formula is C16H11Cl2NO5. The Labute approximate surface area is 147 Å². The van der Waals surface area contributed by atoms with Crippen LogP contribution in [0.4, 0.5) is 5.69 Å². The zero-order chi connectivity index (χ0) is 17.9. The highest BCUT2D eigenvalue weighted by Gasteiger charge is 2.19. The first-order valence-corrected chi connectivity index (χ1v) is 7.46. The summed E-state index contributed by atoms with van der Waals surface area (Å²) in [5.41, 5.74) is 0.284. The van der Waals surface area contributed by atoms with Crippen molar-refractivity contribution in [2.45, 2.75) is 6.92 Å². The van der Waals surface area contributed by atoms with E-state index < -0.39 is 23.3 Å². The Morgan fingerprint density at radius 2 is 1.79 bits per heavy atom. The number of nitro groups is 1. The number of benzene rings is 2. The number of nitrogens with zero attached hydrogens (tertiary/aromatic N) is 1. The molecule has 24 heavy (non-hydrogen) atoms. The molecule has 6 nitrogen and oxygen atoms in total. The van der Waals surface area contributed by atoms with Crippen LogP contribution in [0, 0.1) is 17.0 Å². The normalized spacial score (nSPS) is 10.3. The largest absolute Gasteiger partial charge is 0.454 e. The van der Waals surface area contributed by atoms with Crippen molar-refractivity contribution in [2.75, 3.05) is 6.61 Å².